The van der Waals surface area contributed by atoms with Gasteiger partial charge in [-0.2, -0.15) is 0 Å². The molecular weight excluding hydrogens is 302 g/mol. The fourth-order valence-corrected chi connectivity index (χ4v) is 3.25. The van der Waals surface area contributed by atoms with Gasteiger partial charge in [0.1, 0.15) is 11.5 Å². The van der Waals surface area contributed by atoms with Gasteiger partial charge >= 0.3 is 0 Å². The number of ether oxygens (including phenoxy) is 2. The maximum atomic E-state index is 12.5. The predicted octanol–water partition coefficient (Wildman–Crippen LogP) is 3.07. The SMILES string of the molecule is CCc1cc(S(=O)(=O)Nc2ccccc2OC)ccc1OC. The highest BCUT2D eigenvalue weighted by Crippen LogP contribution is 2.28. The van der Waals surface area contributed by atoms with Gasteiger partial charge < -0.3 is 9.47 Å². The second-order valence-electron chi connectivity index (χ2n) is 4.63. The predicted molar refractivity (Wildman–Crippen MR) is 86.2 cm³/mol. The third-order valence-electron chi connectivity index (χ3n) is 3.29. The molecule has 2 aromatic rings. The minimum absolute atomic E-state index is 0.191. The third-order valence-corrected chi connectivity index (χ3v) is 4.66. The second kappa shape index (κ2) is 6.70. The van der Waals surface area contributed by atoms with Crippen LogP contribution >= 0.6 is 0 Å². The molecule has 0 saturated heterocycles. The number of nitrogens with one attached hydrogen (secondary N) is 1. The van der Waals surface area contributed by atoms with Crippen molar-refractivity contribution in [1.82, 2.24) is 0 Å². The van der Waals surface area contributed by atoms with Gasteiger partial charge in [-0.15, -0.1) is 0 Å². The number of sulfonamides is 1. The molecule has 0 aliphatic carbocycles. The van der Waals surface area contributed by atoms with Crippen LogP contribution in [-0.4, -0.2) is 22.6 Å². The Morgan fingerprint density at radius 1 is 1.00 bits per heavy atom. The number of rotatable bonds is 6. The summed E-state index contributed by atoms with van der Waals surface area (Å²) in [4.78, 5) is 0.191. The van der Waals surface area contributed by atoms with Crippen LogP contribution in [-0.2, 0) is 16.4 Å². The average molecular weight is 321 g/mol. The highest BCUT2D eigenvalue weighted by Gasteiger charge is 2.18. The molecule has 2 aromatic carbocycles. The van der Waals surface area contributed by atoms with Crippen LogP contribution in [0, 0.1) is 0 Å². The largest absolute Gasteiger partial charge is 0.496 e. The molecule has 6 heteroatoms. The van der Waals surface area contributed by atoms with Crippen LogP contribution in [0.5, 0.6) is 11.5 Å². The molecule has 1 N–H and O–H groups in total. The van der Waals surface area contributed by atoms with E-state index in [1.807, 2.05) is 6.92 Å². The van der Waals surface area contributed by atoms with Gasteiger partial charge in [0, 0.05) is 0 Å². The first-order valence-electron chi connectivity index (χ1n) is 6.84. The Bertz CT molecular complexity index is 756. The molecule has 0 fully saturated rings. The summed E-state index contributed by atoms with van der Waals surface area (Å²) >= 11 is 0. The van der Waals surface area contributed by atoms with Crippen molar-refractivity contribution in [2.45, 2.75) is 18.2 Å². The summed E-state index contributed by atoms with van der Waals surface area (Å²) < 4.78 is 38.0. The molecule has 0 amide bonds. The van der Waals surface area contributed by atoms with Gasteiger partial charge in [0.15, 0.2) is 0 Å². The summed E-state index contributed by atoms with van der Waals surface area (Å²) in [5, 5.41) is 0. The first-order chi connectivity index (χ1) is 10.5. The van der Waals surface area contributed by atoms with E-state index in [-0.39, 0.29) is 4.90 Å². The molecule has 0 aliphatic heterocycles. The Balaban J connectivity index is 2.38. The molecule has 0 aliphatic rings. The maximum absolute atomic E-state index is 12.5. The van der Waals surface area contributed by atoms with Gasteiger partial charge in [-0.05, 0) is 42.3 Å². The van der Waals surface area contributed by atoms with Crippen LogP contribution in [0.25, 0.3) is 0 Å². The first-order valence-corrected chi connectivity index (χ1v) is 8.33. The lowest BCUT2D eigenvalue weighted by Crippen LogP contribution is -2.14. The van der Waals surface area contributed by atoms with Gasteiger partial charge in [-0.25, -0.2) is 8.42 Å². The van der Waals surface area contributed by atoms with Crippen molar-refractivity contribution in [2.75, 3.05) is 18.9 Å². The first kappa shape index (κ1) is 16.2. The zero-order valence-electron chi connectivity index (χ0n) is 12.8. The van der Waals surface area contributed by atoms with Crippen molar-refractivity contribution in [3.8, 4) is 11.5 Å². The monoisotopic (exact) mass is 321 g/mol. The highest BCUT2D eigenvalue weighted by molar-refractivity contribution is 7.92. The van der Waals surface area contributed by atoms with Crippen molar-refractivity contribution in [3.05, 3.63) is 48.0 Å². The molecule has 0 spiro atoms. The van der Waals surface area contributed by atoms with Crippen LogP contribution in [0.3, 0.4) is 0 Å². The number of hydrogen-bond donors (Lipinski definition) is 1. The van der Waals surface area contributed by atoms with Crippen LogP contribution in [0.1, 0.15) is 12.5 Å². The number of aryl methyl sites for hydroxylation is 1. The Morgan fingerprint density at radius 2 is 1.68 bits per heavy atom. The zero-order chi connectivity index (χ0) is 16.2. The lowest BCUT2D eigenvalue weighted by molar-refractivity contribution is 0.409. The molecule has 5 nitrogen and oxygen atoms in total. The molecule has 0 bridgehead atoms. The molecular formula is C16H19NO4S. The van der Waals surface area contributed by atoms with Crippen LogP contribution in [0.4, 0.5) is 5.69 Å². The molecule has 22 heavy (non-hydrogen) atoms. The van der Waals surface area contributed by atoms with E-state index < -0.39 is 10.0 Å². The minimum Gasteiger partial charge on any atom is -0.496 e. The van der Waals surface area contributed by atoms with Crippen molar-refractivity contribution >= 4 is 15.7 Å². The van der Waals surface area contributed by atoms with E-state index >= 15 is 0 Å². The number of benzene rings is 2. The fourth-order valence-electron chi connectivity index (χ4n) is 2.13. The zero-order valence-corrected chi connectivity index (χ0v) is 13.6. The summed E-state index contributed by atoms with van der Waals surface area (Å²) in [5.74, 6) is 1.15. The van der Waals surface area contributed by atoms with Gasteiger partial charge in [0.25, 0.3) is 10.0 Å². The van der Waals surface area contributed by atoms with Gasteiger partial charge in [0.05, 0.1) is 24.8 Å². The highest BCUT2D eigenvalue weighted by atomic mass is 32.2. The van der Waals surface area contributed by atoms with Crippen LogP contribution < -0.4 is 14.2 Å². The normalized spacial score (nSPS) is 11.0. The quantitative estimate of drug-likeness (QED) is 0.888. The maximum Gasteiger partial charge on any atom is 0.262 e. The topological polar surface area (TPSA) is 64.6 Å². The van der Waals surface area contributed by atoms with Crippen molar-refractivity contribution in [1.29, 1.82) is 0 Å². The standard InChI is InChI=1S/C16H19NO4S/c1-4-12-11-13(9-10-15(12)20-2)22(18,19)17-14-7-5-6-8-16(14)21-3/h5-11,17H,4H2,1-3H3. The molecule has 0 radical (unpaired) electrons. The van der Waals surface area contributed by atoms with Crippen molar-refractivity contribution < 1.29 is 17.9 Å². The van der Waals surface area contributed by atoms with Gasteiger partial charge in [-0.3, -0.25) is 4.72 Å². The second-order valence-corrected chi connectivity index (χ2v) is 6.32. The Morgan fingerprint density at radius 3 is 2.32 bits per heavy atom. The van der Waals surface area contributed by atoms with Gasteiger partial charge in [0.2, 0.25) is 0 Å². The smallest absolute Gasteiger partial charge is 0.262 e. The van der Waals surface area contributed by atoms with E-state index in [4.69, 9.17) is 9.47 Å². The molecule has 0 unspecified atom stereocenters. The molecule has 0 heterocycles. The summed E-state index contributed by atoms with van der Waals surface area (Å²) in [5.41, 5.74) is 1.24. The third kappa shape index (κ3) is 3.33. The lowest BCUT2D eigenvalue weighted by atomic mass is 10.1. The Labute approximate surface area is 130 Å². The summed E-state index contributed by atoms with van der Waals surface area (Å²) in [6.45, 7) is 1.95. The van der Waals surface area contributed by atoms with E-state index in [0.29, 0.717) is 23.6 Å². The Hall–Kier alpha value is -2.21. The van der Waals surface area contributed by atoms with Crippen molar-refractivity contribution in [2.24, 2.45) is 0 Å². The molecule has 2 rings (SSSR count). The molecule has 0 atom stereocenters. The number of para-hydroxylation sites is 2. The Kier molecular flexibility index (Phi) is 4.92. The minimum atomic E-state index is -3.69. The van der Waals surface area contributed by atoms with Crippen molar-refractivity contribution in [3.63, 3.8) is 0 Å². The molecule has 118 valence electrons. The average Bonchev–Trinajstić information content (AvgIpc) is 2.54. The van der Waals surface area contributed by atoms with E-state index in [2.05, 4.69) is 4.72 Å². The molecule has 0 saturated carbocycles. The van der Waals surface area contributed by atoms with E-state index in [0.717, 1.165) is 5.56 Å². The summed E-state index contributed by atoms with van der Waals surface area (Å²) in [6.07, 6.45) is 0.682. The molecule has 0 aromatic heterocycles. The summed E-state index contributed by atoms with van der Waals surface area (Å²) in [7, 11) is -0.628. The van der Waals surface area contributed by atoms with E-state index in [1.165, 1.54) is 13.2 Å². The number of anilines is 1. The number of hydrogen-bond acceptors (Lipinski definition) is 4. The van der Waals surface area contributed by atoms with E-state index in [9.17, 15) is 8.42 Å². The summed E-state index contributed by atoms with van der Waals surface area (Å²) in [6, 6.07) is 11.7. The van der Waals surface area contributed by atoms with Gasteiger partial charge in [-0.1, -0.05) is 19.1 Å². The van der Waals surface area contributed by atoms with Crippen LogP contribution in [0.2, 0.25) is 0 Å². The fraction of sp³-hybridized carbons (Fsp3) is 0.250. The van der Waals surface area contributed by atoms with E-state index in [1.54, 1.807) is 43.5 Å². The van der Waals surface area contributed by atoms with Crippen LogP contribution in [0.15, 0.2) is 47.4 Å². The lowest BCUT2D eigenvalue weighted by Gasteiger charge is -2.13. The number of methoxy groups -OCH3 is 2.